The lowest BCUT2D eigenvalue weighted by molar-refractivity contribution is 0.349. The first-order chi connectivity index (χ1) is 11.4. The number of benzene rings is 1. The molecule has 0 aliphatic heterocycles. The van der Waals surface area contributed by atoms with E-state index in [1.165, 1.54) is 0 Å². The van der Waals surface area contributed by atoms with Crippen LogP contribution in [0.1, 0.15) is 11.3 Å². The third kappa shape index (κ3) is 2.05. The largest absolute Gasteiger partial charge is 0.304 e. The van der Waals surface area contributed by atoms with Crippen LogP contribution in [0.3, 0.4) is 0 Å². The van der Waals surface area contributed by atoms with Gasteiger partial charge in [0.25, 0.3) is 0 Å². The topological polar surface area (TPSA) is 48.5 Å². The average Bonchev–Trinajstić information content (AvgIpc) is 3.32. The second kappa shape index (κ2) is 5.53. The minimum Gasteiger partial charge on any atom is -0.304 e. The maximum Gasteiger partial charge on any atom is 0.192 e. The number of nitrogens with zero attached hydrogens (tertiary/aromatic N) is 5. The Kier molecular flexibility index (Phi) is 3.24. The Morgan fingerprint density at radius 3 is 1.87 bits per heavy atom. The van der Waals surface area contributed by atoms with Gasteiger partial charge in [-0.3, -0.25) is 4.98 Å². The quantitative estimate of drug-likeness (QED) is 0.582. The van der Waals surface area contributed by atoms with Gasteiger partial charge in [0, 0.05) is 36.5 Å². The van der Waals surface area contributed by atoms with E-state index in [-0.39, 0.29) is 0 Å². The lowest BCUT2D eigenvalue weighted by atomic mass is 9.94. The number of rotatable bonds is 4. The lowest BCUT2D eigenvalue weighted by Gasteiger charge is -2.36. The third-order valence-corrected chi connectivity index (χ3v) is 3.95. The fourth-order valence-corrected chi connectivity index (χ4v) is 2.98. The standard InChI is InChI=1S/C18H15N5/c1-2-6-16(7-3-1)18(22-12-10-19-14-22,23-13-11-20-15-23)17-8-4-5-9-21-17/h1-15H. The zero-order valence-corrected chi connectivity index (χ0v) is 12.4. The summed E-state index contributed by atoms with van der Waals surface area (Å²) in [6.45, 7) is 0. The van der Waals surface area contributed by atoms with Crippen LogP contribution in [0.15, 0.2) is 92.2 Å². The van der Waals surface area contributed by atoms with E-state index in [2.05, 4.69) is 27.1 Å². The van der Waals surface area contributed by atoms with Gasteiger partial charge in [-0.05, 0) is 12.1 Å². The molecular formula is C18H15N5. The molecule has 0 N–H and O–H groups in total. The SMILES string of the molecule is c1ccc(C(c2ccccn2)(n2ccnc2)n2ccnc2)cc1. The van der Waals surface area contributed by atoms with Crippen LogP contribution in [0.25, 0.3) is 0 Å². The van der Waals surface area contributed by atoms with Gasteiger partial charge in [0.05, 0.1) is 18.3 Å². The van der Waals surface area contributed by atoms with Crippen molar-refractivity contribution in [3.63, 3.8) is 0 Å². The van der Waals surface area contributed by atoms with Crippen molar-refractivity contribution in [2.24, 2.45) is 0 Å². The van der Waals surface area contributed by atoms with Crippen LogP contribution < -0.4 is 0 Å². The molecule has 5 heteroatoms. The molecule has 0 radical (unpaired) electrons. The number of pyridine rings is 1. The predicted molar refractivity (Wildman–Crippen MR) is 86.7 cm³/mol. The first kappa shape index (κ1) is 13.5. The van der Waals surface area contributed by atoms with E-state index in [4.69, 9.17) is 0 Å². The summed E-state index contributed by atoms with van der Waals surface area (Å²) < 4.78 is 4.10. The van der Waals surface area contributed by atoms with Crippen LogP contribution in [0.5, 0.6) is 0 Å². The summed E-state index contributed by atoms with van der Waals surface area (Å²) >= 11 is 0. The minimum absolute atomic E-state index is 0.671. The lowest BCUT2D eigenvalue weighted by Crippen LogP contribution is -2.43. The number of hydrogen-bond acceptors (Lipinski definition) is 3. The minimum atomic E-state index is -0.671. The Balaban J connectivity index is 2.11. The summed E-state index contributed by atoms with van der Waals surface area (Å²) in [7, 11) is 0. The van der Waals surface area contributed by atoms with Crippen molar-refractivity contribution in [1.82, 2.24) is 24.1 Å². The van der Waals surface area contributed by atoms with Gasteiger partial charge in [0.2, 0.25) is 0 Å². The van der Waals surface area contributed by atoms with Crippen LogP contribution >= 0.6 is 0 Å². The zero-order valence-electron chi connectivity index (χ0n) is 12.4. The van der Waals surface area contributed by atoms with Gasteiger partial charge in [0.1, 0.15) is 0 Å². The fourth-order valence-electron chi connectivity index (χ4n) is 2.98. The molecule has 0 aliphatic rings. The molecule has 3 heterocycles. The van der Waals surface area contributed by atoms with Crippen molar-refractivity contribution in [2.45, 2.75) is 5.66 Å². The van der Waals surface area contributed by atoms with E-state index in [1.807, 2.05) is 70.6 Å². The van der Waals surface area contributed by atoms with Gasteiger partial charge >= 0.3 is 0 Å². The van der Waals surface area contributed by atoms with E-state index in [0.29, 0.717) is 0 Å². The highest BCUT2D eigenvalue weighted by molar-refractivity contribution is 5.36. The number of imidazole rings is 2. The molecule has 0 saturated heterocycles. The maximum absolute atomic E-state index is 4.64. The van der Waals surface area contributed by atoms with Crippen molar-refractivity contribution in [2.75, 3.05) is 0 Å². The van der Waals surface area contributed by atoms with Crippen molar-refractivity contribution < 1.29 is 0 Å². The summed E-state index contributed by atoms with van der Waals surface area (Å²) in [5.74, 6) is 0. The van der Waals surface area contributed by atoms with E-state index < -0.39 is 5.66 Å². The smallest absolute Gasteiger partial charge is 0.192 e. The van der Waals surface area contributed by atoms with Crippen LogP contribution in [-0.2, 0) is 5.66 Å². The zero-order chi connectivity index (χ0) is 15.5. The highest BCUT2D eigenvalue weighted by Gasteiger charge is 2.39. The molecule has 0 bridgehead atoms. The van der Waals surface area contributed by atoms with E-state index in [9.17, 15) is 0 Å². The molecule has 23 heavy (non-hydrogen) atoms. The van der Waals surface area contributed by atoms with Gasteiger partial charge in [-0.15, -0.1) is 0 Å². The van der Waals surface area contributed by atoms with Crippen LogP contribution in [0.4, 0.5) is 0 Å². The van der Waals surface area contributed by atoms with Crippen molar-refractivity contribution >= 4 is 0 Å². The molecule has 4 rings (SSSR count). The molecule has 4 aromatic rings. The summed E-state index contributed by atoms with van der Waals surface area (Å²) in [5, 5.41) is 0. The fraction of sp³-hybridized carbons (Fsp3) is 0.0556. The van der Waals surface area contributed by atoms with E-state index >= 15 is 0 Å². The van der Waals surface area contributed by atoms with E-state index in [0.717, 1.165) is 11.3 Å². The van der Waals surface area contributed by atoms with E-state index in [1.54, 1.807) is 18.6 Å². The van der Waals surface area contributed by atoms with Crippen LogP contribution in [-0.4, -0.2) is 24.1 Å². The van der Waals surface area contributed by atoms with Gasteiger partial charge in [-0.25, -0.2) is 9.97 Å². The molecule has 0 atom stereocenters. The summed E-state index contributed by atoms with van der Waals surface area (Å²) in [5.41, 5.74) is 1.30. The van der Waals surface area contributed by atoms with Gasteiger partial charge < -0.3 is 9.13 Å². The Hall–Kier alpha value is -3.21. The van der Waals surface area contributed by atoms with Gasteiger partial charge in [-0.1, -0.05) is 36.4 Å². The molecule has 0 aliphatic carbocycles. The van der Waals surface area contributed by atoms with Gasteiger partial charge in [-0.2, -0.15) is 0 Å². The van der Waals surface area contributed by atoms with Crippen LogP contribution in [0, 0.1) is 0 Å². The molecule has 0 unspecified atom stereocenters. The van der Waals surface area contributed by atoms with Gasteiger partial charge in [0.15, 0.2) is 5.66 Å². The Morgan fingerprint density at radius 1 is 0.696 bits per heavy atom. The summed E-state index contributed by atoms with van der Waals surface area (Å²) in [6.07, 6.45) is 12.9. The highest BCUT2D eigenvalue weighted by atomic mass is 15.3. The van der Waals surface area contributed by atoms with Crippen molar-refractivity contribution in [3.05, 3.63) is 103 Å². The molecule has 0 amide bonds. The van der Waals surface area contributed by atoms with Crippen molar-refractivity contribution in [3.8, 4) is 0 Å². The first-order valence-corrected chi connectivity index (χ1v) is 7.36. The second-order valence-electron chi connectivity index (χ2n) is 5.19. The summed E-state index contributed by atoms with van der Waals surface area (Å²) in [4.78, 5) is 13.1. The Morgan fingerprint density at radius 2 is 1.35 bits per heavy atom. The molecule has 0 spiro atoms. The summed E-state index contributed by atoms with van der Waals surface area (Å²) in [6, 6.07) is 16.2. The third-order valence-electron chi connectivity index (χ3n) is 3.95. The average molecular weight is 301 g/mol. The van der Waals surface area contributed by atoms with Crippen molar-refractivity contribution in [1.29, 1.82) is 0 Å². The molecule has 0 fully saturated rings. The van der Waals surface area contributed by atoms with Crippen LogP contribution in [0.2, 0.25) is 0 Å². The molecule has 3 aromatic heterocycles. The Labute approximate surface area is 133 Å². The maximum atomic E-state index is 4.64. The molecule has 0 saturated carbocycles. The molecule has 1 aromatic carbocycles. The molecule has 5 nitrogen and oxygen atoms in total. The second-order valence-corrected chi connectivity index (χ2v) is 5.19. The molecule has 112 valence electrons. The Bertz CT molecular complexity index is 777. The molecular weight excluding hydrogens is 286 g/mol. The predicted octanol–water partition coefficient (Wildman–Crippen LogP) is 2.77. The monoisotopic (exact) mass is 301 g/mol. The highest BCUT2D eigenvalue weighted by Crippen LogP contribution is 2.34. The number of hydrogen-bond donors (Lipinski definition) is 0. The first-order valence-electron chi connectivity index (χ1n) is 7.36. The number of aromatic nitrogens is 5. The normalized spacial score (nSPS) is 11.5.